The number of aromatic nitrogens is 1. The number of fused-ring (bicyclic) bond motifs is 2. The van der Waals surface area contributed by atoms with Crippen molar-refractivity contribution in [3.8, 4) is 0 Å². The lowest BCUT2D eigenvalue weighted by Gasteiger charge is -2.39. The van der Waals surface area contributed by atoms with Gasteiger partial charge in [-0.2, -0.15) is 0 Å². The molecule has 0 aliphatic heterocycles. The molecule has 2 N–H and O–H groups in total. The van der Waals surface area contributed by atoms with E-state index in [0.717, 1.165) is 36.9 Å². The summed E-state index contributed by atoms with van der Waals surface area (Å²) in [6, 6.07) is 14.9. The van der Waals surface area contributed by atoms with Gasteiger partial charge in [0, 0.05) is 48.4 Å². The predicted octanol–water partition coefficient (Wildman–Crippen LogP) is 6.27. The third-order valence-electron chi connectivity index (χ3n) is 8.66. The zero-order valence-corrected chi connectivity index (χ0v) is 25.3. The number of aromatic amines is 1. The number of aliphatic hydroxyl groups excluding tert-OH is 1. The van der Waals surface area contributed by atoms with E-state index in [1.165, 1.54) is 35.3 Å². The summed E-state index contributed by atoms with van der Waals surface area (Å²) in [5, 5.41) is 12.1. The zero-order chi connectivity index (χ0) is 28.2. The minimum Gasteiger partial charge on any atom is -0.466 e. The van der Waals surface area contributed by atoms with Crippen molar-refractivity contribution in [1.29, 1.82) is 0 Å². The van der Waals surface area contributed by atoms with Crippen molar-refractivity contribution < 1.29 is 19.1 Å². The summed E-state index contributed by atoms with van der Waals surface area (Å²) in [7, 11) is -0.510. The van der Waals surface area contributed by atoms with Crippen molar-refractivity contribution in [1.82, 2.24) is 9.88 Å². The van der Waals surface area contributed by atoms with Crippen molar-refractivity contribution in [2.24, 2.45) is 0 Å². The topological polar surface area (TPSA) is 74.8 Å². The number of carbonyl (C=O) groups excluding carboxylic acids is 1. The molecule has 7 heteroatoms. The average molecular weight is 549 g/mol. The first kappa shape index (κ1) is 29.3. The van der Waals surface area contributed by atoms with Gasteiger partial charge in [-0.15, -0.1) is 0 Å². The first-order valence-corrected chi connectivity index (χ1v) is 16.9. The number of hydrogen-bond acceptors (Lipinski definition) is 5. The van der Waals surface area contributed by atoms with Crippen LogP contribution < -0.4 is 0 Å². The number of hydrogen-bond donors (Lipinski definition) is 2. The second-order valence-corrected chi connectivity index (χ2v) is 16.9. The molecular weight excluding hydrogens is 504 g/mol. The summed E-state index contributed by atoms with van der Waals surface area (Å²) in [5.41, 5.74) is 5.93. The van der Waals surface area contributed by atoms with E-state index < -0.39 is 8.32 Å². The van der Waals surface area contributed by atoms with Crippen LogP contribution in [0.4, 0.5) is 0 Å². The number of H-pyrrole nitrogens is 1. The predicted molar refractivity (Wildman–Crippen MR) is 161 cm³/mol. The number of carbonyl (C=O) groups is 1. The van der Waals surface area contributed by atoms with E-state index in [4.69, 9.17) is 9.16 Å². The van der Waals surface area contributed by atoms with Crippen LogP contribution in [0.2, 0.25) is 18.1 Å². The molecule has 2 aromatic carbocycles. The molecule has 0 radical (unpaired) electrons. The van der Waals surface area contributed by atoms with Crippen LogP contribution in [0.15, 0.2) is 54.7 Å². The highest BCUT2D eigenvalue weighted by Gasteiger charge is 2.38. The molecule has 0 amide bonds. The van der Waals surface area contributed by atoms with Crippen molar-refractivity contribution in [2.75, 3.05) is 26.9 Å². The Balaban J connectivity index is 1.60. The van der Waals surface area contributed by atoms with E-state index in [1.54, 1.807) is 6.08 Å². The number of ether oxygens (including phenoxy) is 1. The van der Waals surface area contributed by atoms with Crippen LogP contribution >= 0.6 is 0 Å². The molecule has 4 rings (SSSR count). The van der Waals surface area contributed by atoms with Crippen LogP contribution in [0.25, 0.3) is 17.0 Å². The Morgan fingerprint density at radius 2 is 2.00 bits per heavy atom. The van der Waals surface area contributed by atoms with Gasteiger partial charge in [0.25, 0.3) is 0 Å². The molecule has 0 saturated carbocycles. The average Bonchev–Trinajstić information content (AvgIpc) is 3.52. The van der Waals surface area contributed by atoms with E-state index in [0.29, 0.717) is 6.61 Å². The summed E-state index contributed by atoms with van der Waals surface area (Å²) in [6.07, 6.45) is 8.06. The van der Waals surface area contributed by atoms with Gasteiger partial charge in [0.15, 0.2) is 8.32 Å². The molecule has 0 fully saturated rings. The number of para-hydroxylation sites is 1. The van der Waals surface area contributed by atoms with Crippen LogP contribution in [-0.4, -0.2) is 62.2 Å². The number of nitrogens with zero attached hydrogens (tertiary/aromatic N) is 1. The molecule has 1 aliphatic carbocycles. The minimum atomic E-state index is -1.90. The lowest BCUT2D eigenvalue weighted by molar-refractivity contribution is -0.134. The summed E-state index contributed by atoms with van der Waals surface area (Å²) in [5.74, 6) is -0.357. The van der Waals surface area contributed by atoms with Crippen molar-refractivity contribution in [3.63, 3.8) is 0 Å². The number of esters is 1. The number of methoxy groups -OCH3 is 1. The third kappa shape index (κ3) is 6.72. The smallest absolute Gasteiger partial charge is 0.330 e. The Morgan fingerprint density at radius 3 is 2.72 bits per heavy atom. The first-order chi connectivity index (χ1) is 18.5. The van der Waals surface area contributed by atoms with E-state index in [-0.39, 0.29) is 29.7 Å². The molecule has 0 unspecified atom stereocenters. The molecule has 39 heavy (non-hydrogen) atoms. The van der Waals surface area contributed by atoms with Gasteiger partial charge < -0.3 is 19.3 Å². The number of rotatable bonds is 11. The zero-order valence-electron chi connectivity index (χ0n) is 24.3. The quantitative estimate of drug-likeness (QED) is 0.168. The Morgan fingerprint density at radius 1 is 1.23 bits per heavy atom. The van der Waals surface area contributed by atoms with Gasteiger partial charge in [-0.25, -0.2) is 4.79 Å². The summed E-state index contributed by atoms with van der Waals surface area (Å²) < 4.78 is 11.3. The Bertz CT molecular complexity index is 1310. The maximum Gasteiger partial charge on any atom is 0.330 e. The van der Waals surface area contributed by atoms with E-state index in [1.807, 2.05) is 6.07 Å². The van der Waals surface area contributed by atoms with Crippen molar-refractivity contribution in [2.45, 2.75) is 70.2 Å². The lowest BCUT2D eigenvalue weighted by Crippen LogP contribution is -2.46. The second-order valence-electron chi connectivity index (χ2n) is 12.1. The van der Waals surface area contributed by atoms with Crippen molar-refractivity contribution in [3.05, 3.63) is 77.0 Å². The van der Waals surface area contributed by atoms with Crippen LogP contribution in [0.1, 0.15) is 55.5 Å². The Kier molecular flexibility index (Phi) is 9.17. The standard InChI is InChI=1S/C32H44N2O4Si/c1-32(2,3)39(5,6)38-18-17-34(26(22-35)20-25-21-33-29-10-8-7-9-27(25)29)30-15-13-24-19-23(11-14-28(24)30)12-16-31(36)37-4/h7-12,14,16,19,21,26,30,33,35H,13,15,17-18,20,22H2,1-6H3/b16-12+/t26-,30+/m0/s1. The van der Waals surface area contributed by atoms with Crippen molar-refractivity contribution >= 4 is 31.3 Å². The highest BCUT2D eigenvalue weighted by molar-refractivity contribution is 6.74. The van der Waals surface area contributed by atoms with Gasteiger partial charge in [-0.1, -0.05) is 57.2 Å². The molecule has 0 bridgehead atoms. The van der Waals surface area contributed by atoms with Crippen LogP contribution in [0.3, 0.4) is 0 Å². The van der Waals surface area contributed by atoms with E-state index >= 15 is 0 Å². The minimum absolute atomic E-state index is 0.0398. The fourth-order valence-corrected chi connectivity index (χ4v) is 6.39. The van der Waals surface area contributed by atoms with Gasteiger partial charge in [0.05, 0.1) is 13.7 Å². The SMILES string of the molecule is COC(=O)/C=C/c1ccc2c(c1)CC[C@H]2N(CCO[Si](C)(C)C(C)(C)C)[C@H](CO)Cc1c[nH]c2ccccc12. The molecule has 3 aromatic rings. The van der Waals surface area contributed by atoms with Gasteiger partial charge in [0.2, 0.25) is 0 Å². The molecular formula is C32H44N2O4Si. The molecule has 210 valence electrons. The summed E-state index contributed by atoms with van der Waals surface area (Å²) in [4.78, 5) is 17.4. The highest BCUT2D eigenvalue weighted by Crippen LogP contribution is 2.39. The van der Waals surface area contributed by atoms with Crippen LogP contribution in [0, 0.1) is 0 Å². The molecule has 0 spiro atoms. The molecule has 2 atom stereocenters. The van der Waals surface area contributed by atoms with Crippen LogP contribution in [-0.2, 0) is 26.8 Å². The van der Waals surface area contributed by atoms with Gasteiger partial charge in [-0.3, -0.25) is 4.90 Å². The summed E-state index contributed by atoms with van der Waals surface area (Å²) in [6.45, 7) is 12.9. The van der Waals surface area contributed by atoms with E-state index in [2.05, 4.69) is 86.3 Å². The van der Waals surface area contributed by atoms with E-state index in [9.17, 15) is 9.90 Å². The summed E-state index contributed by atoms with van der Waals surface area (Å²) >= 11 is 0. The largest absolute Gasteiger partial charge is 0.466 e. The maximum atomic E-state index is 11.6. The third-order valence-corrected chi connectivity index (χ3v) is 13.2. The fraction of sp³-hybridized carbons (Fsp3) is 0.469. The number of benzene rings is 2. The highest BCUT2D eigenvalue weighted by atomic mass is 28.4. The van der Waals surface area contributed by atoms with Gasteiger partial charge >= 0.3 is 5.97 Å². The molecule has 1 heterocycles. The number of aryl methyl sites for hydroxylation is 1. The molecule has 6 nitrogen and oxygen atoms in total. The monoisotopic (exact) mass is 548 g/mol. The Labute approximate surface area is 234 Å². The molecule has 1 aromatic heterocycles. The fourth-order valence-electron chi connectivity index (χ4n) is 5.35. The number of aliphatic hydroxyl groups is 1. The number of nitrogens with one attached hydrogen (secondary N) is 1. The lowest BCUT2D eigenvalue weighted by atomic mass is 9.99. The van der Waals surface area contributed by atoms with Gasteiger partial charge in [-0.05, 0) is 71.8 Å². The Hall–Kier alpha value is -2.71. The normalized spacial score (nSPS) is 16.8. The molecule has 0 saturated heterocycles. The molecule has 1 aliphatic rings. The van der Waals surface area contributed by atoms with Crippen LogP contribution in [0.5, 0.6) is 0 Å². The second kappa shape index (κ2) is 12.2. The maximum absolute atomic E-state index is 11.6. The first-order valence-electron chi connectivity index (χ1n) is 14.0. The van der Waals surface area contributed by atoms with Gasteiger partial charge in [0.1, 0.15) is 0 Å².